The standard InChI is InChI=1S/C38H42ClFN4O9/c39-31-19-28(21-41-34(22-47)38(48)49)35(51-23-25-9-10-32-33(17-25)43-53-42-32)20-36(31)52-24-27-6-4-8-30(37(27)40)26-5-3-7-29(18-26)50-16-2-1-11-44(12-14-45)13-15-46/h3-10,17-20,34,41,45-47H,1-2,11-16,21-24H2,(H,48,49)/t34-/m1/s1. The summed E-state index contributed by atoms with van der Waals surface area (Å²) in [6.07, 6.45) is 1.60. The molecule has 0 unspecified atom stereocenters. The van der Waals surface area contributed by atoms with E-state index >= 15 is 4.39 Å². The Morgan fingerprint density at radius 3 is 2.40 bits per heavy atom. The fraction of sp³-hybridized carbons (Fsp3) is 0.342. The van der Waals surface area contributed by atoms with Gasteiger partial charge >= 0.3 is 5.97 Å². The molecule has 5 rings (SSSR count). The van der Waals surface area contributed by atoms with E-state index in [1.807, 2.05) is 11.0 Å². The lowest BCUT2D eigenvalue weighted by molar-refractivity contribution is -0.140. The molecule has 0 fully saturated rings. The minimum Gasteiger partial charge on any atom is -0.494 e. The molecule has 1 atom stereocenters. The lowest BCUT2D eigenvalue weighted by Gasteiger charge is -2.19. The Hall–Kier alpha value is -4.83. The number of aromatic nitrogens is 2. The number of nitrogens with one attached hydrogen (secondary N) is 1. The minimum atomic E-state index is -1.22. The molecule has 0 saturated carbocycles. The molecule has 1 heterocycles. The molecule has 0 aliphatic heterocycles. The third-order valence-corrected chi connectivity index (χ3v) is 8.72. The van der Waals surface area contributed by atoms with Crippen LogP contribution in [0.15, 0.2) is 77.4 Å². The topological polar surface area (TPSA) is 180 Å². The van der Waals surface area contributed by atoms with Gasteiger partial charge in [0.05, 0.1) is 31.5 Å². The molecule has 282 valence electrons. The van der Waals surface area contributed by atoms with E-state index < -0.39 is 24.4 Å². The highest BCUT2D eigenvalue weighted by Crippen LogP contribution is 2.35. The van der Waals surface area contributed by atoms with Gasteiger partial charge < -0.3 is 34.6 Å². The largest absolute Gasteiger partial charge is 0.494 e. The van der Waals surface area contributed by atoms with E-state index in [1.54, 1.807) is 66.7 Å². The molecule has 0 radical (unpaired) electrons. The van der Waals surface area contributed by atoms with E-state index in [2.05, 4.69) is 15.6 Å². The SMILES string of the molecule is O=C(O)[C@@H](CO)NCc1cc(Cl)c(OCc2cccc(-c3cccc(OCCCCN(CCO)CCO)c3)c2F)cc1OCc1ccc2nonc2c1. The van der Waals surface area contributed by atoms with Crippen molar-refractivity contribution in [3.63, 3.8) is 0 Å². The third-order valence-electron chi connectivity index (χ3n) is 8.42. The molecule has 1 aromatic heterocycles. The molecule has 0 spiro atoms. The number of fused-ring (bicyclic) bond motifs is 1. The van der Waals surface area contributed by atoms with E-state index in [0.717, 1.165) is 24.9 Å². The first-order chi connectivity index (χ1) is 25.8. The summed E-state index contributed by atoms with van der Waals surface area (Å²) >= 11 is 6.61. The van der Waals surface area contributed by atoms with Gasteiger partial charge in [-0.3, -0.25) is 15.0 Å². The average Bonchev–Trinajstić information content (AvgIpc) is 3.63. The number of rotatable bonds is 22. The number of halogens is 2. The zero-order chi connectivity index (χ0) is 37.6. The van der Waals surface area contributed by atoms with Gasteiger partial charge in [0, 0.05) is 42.4 Å². The molecule has 0 aliphatic carbocycles. The van der Waals surface area contributed by atoms with Gasteiger partial charge in [0.25, 0.3) is 0 Å². The summed E-state index contributed by atoms with van der Waals surface area (Å²) in [5.41, 5.74) is 3.70. The molecular formula is C38H42ClFN4O9. The van der Waals surface area contributed by atoms with Gasteiger partial charge in [-0.05, 0) is 71.2 Å². The highest BCUT2D eigenvalue weighted by molar-refractivity contribution is 6.32. The van der Waals surface area contributed by atoms with Crippen LogP contribution in [0.4, 0.5) is 4.39 Å². The molecule has 0 aliphatic rings. The summed E-state index contributed by atoms with van der Waals surface area (Å²) in [6.45, 7) is 1.63. The van der Waals surface area contributed by atoms with Crippen LogP contribution in [0.25, 0.3) is 22.2 Å². The van der Waals surface area contributed by atoms with Crippen LogP contribution in [-0.2, 0) is 24.6 Å². The number of ether oxygens (including phenoxy) is 3. The molecule has 13 nitrogen and oxygen atoms in total. The summed E-state index contributed by atoms with van der Waals surface area (Å²) in [7, 11) is 0. The van der Waals surface area contributed by atoms with Crippen LogP contribution < -0.4 is 19.5 Å². The Kier molecular flexibility index (Phi) is 14.7. The predicted molar refractivity (Wildman–Crippen MR) is 194 cm³/mol. The van der Waals surface area contributed by atoms with Gasteiger partial charge in [0.1, 0.15) is 53.4 Å². The monoisotopic (exact) mass is 752 g/mol. The number of carboxylic acid groups (broad SMARTS) is 1. The van der Waals surface area contributed by atoms with E-state index in [1.165, 1.54) is 0 Å². The molecule has 0 bridgehead atoms. The molecule has 15 heteroatoms. The smallest absolute Gasteiger partial charge is 0.323 e. The van der Waals surface area contributed by atoms with Crippen molar-refractivity contribution < 1.29 is 48.5 Å². The molecule has 53 heavy (non-hydrogen) atoms. The normalized spacial score (nSPS) is 12.0. The minimum absolute atomic E-state index is 0.00636. The number of aliphatic hydroxyl groups is 3. The van der Waals surface area contributed by atoms with Crippen molar-refractivity contribution in [2.45, 2.75) is 38.6 Å². The molecular weight excluding hydrogens is 711 g/mol. The lowest BCUT2D eigenvalue weighted by Crippen LogP contribution is -2.39. The summed E-state index contributed by atoms with van der Waals surface area (Å²) in [6, 6.07) is 19.5. The first kappa shape index (κ1) is 39.4. The summed E-state index contributed by atoms with van der Waals surface area (Å²) < 4.78 is 38.8. The summed E-state index contributed by atoms with van der Waals surface area (Å²) in [4.78, 5) is 13.5. The maximum absolute atomic E-state index is 15.9. The van der Waals surface area contributed by atoms with Crippen molar-refractivity contribution in [1.29, 1.82) is 0 Å². The third kappa shape index (κ3) is 11.1. The number of carbonyl (C=O) groups is 1. The van der Waals surface area contributed by atoms with Crippen LogP contribution in [-0.4, -0.2) is 93.7 Å². The van der Waals surface area contributed by atoms with E-state index in [9.17, 15) is 25.2 Å². The van der Waals surface area contributed by atoms with Crippen molar-refractivity contribution in [2.75, 3.05) is 46.1 Å². The highest BCUT2D eigenvalue weighted by atomic mass is 35.5. The Balaban J connectivity index is 1.26. The van der Waals surface area contributed by atoms with Gasteiger partial charge in [-0.15, -0.1) is 0 Å². The fourth-order valence-electron chi connectivity index (χ4n) is 5.57. The van der Waals surface area contributed by atoms with Crippen molar-refractivity contribution >= 4 is 28.6 Å². The number of benzene rings is 4. The zero-order valence-corrected chi connectivity index (χ0v) is 29.7. The fourth-order valence-corrected chi connectivity index (χ4v) is 5.81. The van der Waals surface area contributed by atoms with Gasteiger partial charge in [-0.25, -0.2) is 9.02 Å². The second-order valence-corrected chi connectivity index (χ2v) is 12.6. The van der Waals surface area contributed by atoms with Crippen molar-refractivity contribution in [3.8, 4) is 28.4 Å². The zero-order valence-electron chi connectivity index (χ0n) is 28.9. The molecule has 5 aromatic rings. The molecule has 0 amide bonds. The Morgan fingerprint density at radius 1 is 0.849 bits per heavy atom. The Labute approximate surface area is 310 Å². The molecule has 5 N–H and O–H groups in total. The number of unbranched alkanes of at least 4 members (excludes halogenated alkanes) is 1. The maximum atomic E-state index is 15.9. The van der Waals surface area contributed by atoms with E-state index in [-0.39, 0.29) is 49.3 Å². The number of carboxylic acids is 1. The van der Waals surface area contributed by atoms with Crippen LogP contribution >= 0.6 is 11.6 Å². The van der Waals surface area contributed by atoms with E-state index in [0.29, 0.717) is 58.9 Å². The lowest BCUT2D eigenvalue weighted by atomic mass is 10.0. The average molecular weight is 753 g/mol. The summed E-state index contributed by atoms with van der Waals surface area (Å²) in [5.74, 6) is -0.531. The van der Waals surface area contributed by atoms with Crippen LogP contribution in [0.1, 0.15) is 29.5 Å². The number of hydrogen-bond acceptors (Lipinski definition) is 12. The highest BCUT2D eigenvalue weighted by Gasteiger charge is 2.19. The molecule has 4 aromatic carbocycles. The van der Waals surface area contributed by atoms with Crippen molar-refractivity contribution in [3.05, 3.63) is 100 Å². The summed E-state index contributed by atoms with van der Waals surface area (Å²) in [5, 5.41) is 47.8. The van der Waals surface area contributed by atoms with Crippen molar-refractivity contribution in [1.82, 2.24) is 20.5 Å². The number of aliphatic carboxylic acids is 1. The quantitative estimate of drug-likeness (QED) is 0.0608. The second-order valence-electron chi connectivity index (χ2n) is 12.2. The molecule has 0 saturated heterocycles. The Morgan fingerprint density at radius 2 is 1.62 bits per heavy atom. The maximum Gasteiger partial charge on any atom is 0.323 e. The first-order valence-corrected chi connectivity index (χ1v) is 17.5. The van der Waals surface area contributed by atoms with Crippen LogP contribution in [0, 0.1) is 5.82 Å². The number of hydrogen-bond donors (Lipinski definition) is 5. The van der Waals surface area contributed by atoms with Gasteiger partial charge in [0.15, 0.2) is 0 Å². The van der Waals surface area contributed by atoms with Gasteiger partial charge in [-0.1, -0.05) is 48.0 Å². The first-order valence-electron chi connectivity index (χ1n) is 17.1. The number of nitrogens with zero attached hydrogens (tertiary/aromatic N) is 3. The Bertz CT molecular complexity index is 1940. The predicted octanol–water partition coefficient (Wildman–Crippen LogP) is 4.82. The van der Waals surface area contributed by atoms with E-state index in [4.69, 9.17) is 30.4 Å². The van der Waals surface area contributed by atoms with Crippen molar-refractivity contribution in [2.24, 2.45) is 0 Å². The van der Waals surface area contributed by atoms with Gasteiger partial charge in [0.2, 0.25) is 0 Å². The van der Waals surface area contributed by atoms with Crippen LogP contribution in [0.3, 0.4) is 0 Å². The number of aliphatic hydroxyl groups excluding tert-OH is 3. The van der Waals surface area contributed by atoms with Gasteiger partial charge in [-0.2, -0.15) is 0 Å². The van der Waals surface area contributed by atoms with Crippen LogP contribution in [0.2, 0.25) is 5.02 Å². The van der Waals surface area contributed by atoms with Crippen LogP contribution in [0.5, 0.6) is 17.2 Å². The second kappa shape index (κ2) is 19.9.